The highest BCUT2D eigenvalue weighted by atomic mass is 127. The summed E-state index contributed by atoms with van der Waals surface area (Å²) in [5.74, 6) is 7.35. The minimum atomic E-state index is -2.19. The van der Waals surface area contributed by atoms with Crippen LogP contribution >= 0.6 is 55.9 Å². The fourth-order valence-corrected chi connectivity index (χ4v) is 21.1. The van der Waals surface area contributed by atoms with Gasteiger partial charge < -0.3 is 109 Å². The summed E-state index contributed by atoms with van der Waals surface area (Å²) in [7, 11) is 6.76. The Kier molecular flexibility index (Phi) is 42.7. The monoisotopic (exact) mass is 2050 g/mol. The molecule has 2 bridgehead atoms. The smallest absolute Gasteiger partial charge is 0.407 e. The van der Waals surface area contributed by atoms with E-state index in [1.165, 1.54) is 67.0 Å². The second-order valence-corrected chi connectivity index (χ2v) is 40.9. The van der Waals surface area contributed by atoms with Crippen LogP contribution in [0.5, 0.6) is 11.5 Å². The van der Waals surface area contributed by atoms with Crippen LogP contribution in [0.25, 0.3) is 0 Å². The first-order chi connectivity index (χ1) is 64.0. The summed E-state index contributed by atoms with van der Waals surface area (Å²) in [6.07, 6.45) is -8.59. The van der Waals surface area contributed by atoms with E-state index in [9.17, 15) is 83.1 Å². The van der Waals surface area contributed by atoms with Crippen molar-refractivity contribution < 1.29 is 140 Å². The highest BCUT2D eigenvalue weighted by molar-refractivity contribution is 14.1. The Balaban J connectivity index is 0.789. The maximum absolute atomic E-state index is 14.6. The summed E-state index contributed by atoms with van der Waals surface area (Å²) < 4.78 is 66.8. The Bertz CT molecular complexity index is 4810. The predicted molar refractivity (Wildman–Crippen MR) is 507 cm³/mol. The molecule has 4 saturated heterocycles. The summed E-state index contributed by atoms with van der Waals surface area (Å²) >= 11 is 2.88. The number of esters is 1. The van der Waals surface area contributed by atoms with Crippen molar-refractivity contribution in [2.75, 3.05) is 58.6 Å². The van der Waals surface area contributed by atoms with E-state index in [0.717, 1.165) is 23.8 Å². The lowest BCUT2D eigenvalue weighted by Gasteiger charge is -2.46. The zero-order chi connectivity index (χ0) is 98.9. The van der Waals surface area contributed by atoms with Crippen molar-refractivity contribution in [2.24, 2.45) is 29.4 Å². The number of rotatable bonds is 47. The number of nitrogens with zero attached hydrogens (tertiary/aromatic N) is 1. The number of aliphatic hydroxyl groups excluding tert-OH is 4. The number of ether oxygens (including phenoxy) is 11. The highest BCUT2D eigenvalue weighted by Crippen LogP contribution is 2.47. The normalized spacial score (nSPS) is 27.7. The van der Waals surface area contributed by atoms with Crippen LogP contribution in [-0.2, 0) is 97.2 Å². The third-order valence-electron chi connectivity index (χ3n) is 24.4. The van der Waals surface area contributed by atoms with E-state index in [0.29, 0.717) is 64.5 Å². The first kappa shape index (κ1) is 110. The molecule has 0 saturated carbocycles. The fourth-order valence-electron chi connectivity index (χ4n) is 16.7. The van der Waals surface area contributed by atoms with Crippen molar-refractivity contribution in [2.45, 2.75) is 299 Å². The number of hydrogen-bond donors (Lipinski definition) is 11. The number of allylic oxidation sites excluding steroid dienone is 2. The van der Waals surface area contributed by atoms with Gasteiger partial charge in [0.05, 0.1) is 84.6 Å². The standard InChI is InChI=1S/C95H128IN7O29S3/c1-50(2)78(101-69(109)27-19-17-21-40-103-70(110)32-33-71(103)111)65(106)44-59(24-22-38-98-92(97)118)88(116)100-61-30-28-58(29-31-61)48-125-93(119)99-39-23-25-62(105)34-37-94(10,11)135-133-41-35-64-76-63(45-72(112)121-12)67(108)47-95(64,120)36-20-16-15-18-26-68(76)129-91-86(130-73-42-51(3)60(49-124-73)43-52(4)104)81(114)79(55(7)127-91)102-132-74-46-66(107)87(57(9)126-74)134-89(117)75-53(5)77(96)84(54(6)83(75)122-13)131-90-82(115)85(123-14)80(113)56(8)128-90/h15-16,28-33,35,50-51,55-57,59-60,66,68,73-74,78-82,85-87,90-91,102,107,113-115,120H,17,19,21-25,27,34,37-49H2,1-14H3,(H,99,119)(H,100,116)(H,101,109)(H3,97,98,118)/b16-15-,64-35-/t51?,55?,56?,57?,59-,60?,66?,68+,73?,74?,78+,79?,80?,81?,82?,85?,86?,87?,90?,91?,95+/m1/s1. The maximum Gasteiger partial charge on any atom is 0.407 e. The Morgan fingerprint density at radius 3 is 2.16 bits per heavy atom. The van der Waals surface area contributed by atoms with E-state index in [-0.39, 0.29) is 177 Å². The Labute approximate surface area is 812 Å². The number of nitrogens with one attached hydrogen (secondary N) is 5. The number of carbonyl (C=O) groups excluding carboxylic acids is 12. The largest absolute Gasteiger partial charge is 0.496 e. The molecule has 7 aliphatic rings. The number of ketones is 4. The Morgan fingerprint density at radius 2 is 1.50 bits per heavy atom. The van der Waals surface area contributed by atoms with Crippen LogP contribution in [0.2, 0.25) is 0 Å². The zero-order valence-corrected chi connectivity index (χ0v) is 83.1. The van der Waals surface area contributed by atoms with E-state index >= 15 is 0 Å². The van der Waals surface area contributed by atoms with Crippen molar-refractivity contribution in [1.29, 1.82) is 0 Å². The number of hydrogen-bond acceptors (Lipinski definition) is 33. The number of halogens is 1. The molecule has 5 heterocycles. The van der Waals surface area contributed by atoms with Crippen LogP contribution in [0.3, 0.4) is 0 Å². The van der Waals surface area contributed by atoms with Crippen LogP contribution < -0.4 is 42.0 Å². The van der Waals surface area contributed by atoms with Gasteiger partial charge in [-0.1, -0.05) is 102 Å². The minimum absolute atomic E-state index is 0.0114. The zero-order valence-electron chi connectivity index (χ0n) is 78.5. The number of primary amides is 1. The number of imide groups is 1. The number of alkyl carbamates (subject to hydrolysis) is 1. The average Bonchev–Trinajstić information content (AvgIpc) is 0.803. The van der Waals surface area contributed by atoms with Crippen molar-refractivity contribution in [1.82, 2.24) is 26.3 Å². The molecule has 7 amide bonds. The molecule has 4 fully saturated rings. The fraction of sp³-hybridized carbons (Fsp3) is 0.621. The number of methoxy groups -OCH3 is 3. The molecule has 40 heteroatoms. The van der Waals surface area contributed by atoms with Gasteiger partial charge in [0.25, 0.3) is 11.8 Å². The number of benzene rings is 2. The molecule has 17 unspecified atom stereocenters. The molecule has 0 radical (unpaired) electrons. The molecule has 12 N–H and O–H groups in total. The second-order valence-electron chi connectivity index (χ2n) is 35.6. The van der Waals surface area contributed by atoms with E-state index in [1.807, 2.05) is 43.4 Å². The first-order valence-corrected chi connectivity index (χ1v) is 49.6. The lowest BCUT2D eigenvalue weighted by Crippen LogP contribution is -2.64. The molecule has 5 aliphatic heterocycles. The van der Waals surface area contributed by atoms with Gasteiger partial charge in [-0.05, 0) is 170 Å². The average molecular weight is 2060 g/mol. The van der Waals surface area contributed by atoms with Gasteiger partial charge >= 0.3 is 18.1 Å². The van der Waals surface area contributed by atoms with Crippen molar-refractivity contribution in [3.63, 3.8) is 0 Å². The third kappa shape index (κ3) is 31.1. The van der Waals surface area contributed by atoms with E-state index < -0.39 is 168 Å². The van der Waals surface area contributed by atoms with Crippen molar-refractivity contribution in [3.8, 4) is 35.2 Å². The van der Waals surface area contributed by atoms with Gasteiger partial charge in [-0.3, -0.25) is 52.9 Å². The number of urea groups is 1. The number of nitrogens with two attached hydrogens (primary N) is 1. The predicted octanol–water partition coefficient (Wildman–Crippen LogP) is 8.13. The van der Waals surface area contributed by atoms with Gasteiger partial charge in [0.15, 0.2) is 36.0 Å². The number of Topliss-reactive ketones (excluding diaryl/α,β-unsaturated/α-hetero) is 4. The molecule has 0 spiro atoms. The Hall–Kier alpha value is -8.22. The molecule has 135 heavy (non-hydrogen) atoms. The SMILES string of the molecule is COC(=O)CC1=C2/C(=C/CSSC(C)(C)CCC(=O)CCCNC(=O)OCc3ccc(NC(=O)[C@H](CCCNC(N)=O)CC(=O)[C@@H](NC(=O)CCCCCN4C(=O)C=CC4=O)C(C)C)cc3)[C@](O)(C#C/C=C\C#C[C@@H]2OC2OC(C)C(NOC3CC(O)C(SC(=O)c4c(C)c(I)c(OC5OC(C)C(O)C(OC)C5O)c(C)c4OC)C(C)O3)C(O)C2OC2CC(C)C(CC(C)=O)CO2)CC1=O. The van der Waals surface area contributed by atoms with Crippen molar-refractivity contribution >= 4 is 132 Å². The van der Waals surface area contributed by atoms with Crippen molar-refractivity contribution in [3.05, 3.63) is 97.2 Å². The first-order valence-electron chi connectivity index (χ1n) is 45.3. The number of fused-ring (bicyclic) bond motifs is 2. The topological polar surface area (TPSA) is 506 Å². The van der Waals surface area contributed by atoms with Gasteiger partial charge in [0, 0.05) is 128 Å². The van der Waals surface area contributed by atoms with E-state index in [1.54, 1.807) is 78.8 Å². The van der Waals surface area contributed by atoms with Gasteiger partial charge in [0.2, 0.25) is 23.2 Å². The number of hydroxylamine groups is 1. The quantitative estimate of drug-likeness (QED) is 0.00566. The summed E-state index contributed by atoms with van der Waals surface area (Å²) in [6.45, 7) is 19.8. The lowest BCUT2D eigenvalue weighted by atomic mass is 9.72. The second kappa shape index (κ2) is 52.2. The van der Waals surface area contributed by atoms with Crippen LogP contribution in [0.15, 0.2) is 71.4 Å². The number of unbranched alkanes of at least 4 members (excludes halogenated alkanes) is 2. The molecule has 2 aromatic carbocycles. The van der Waals surface area contributed by atoms with Crippen LogP contribution in [0.1, 0.15) is 192 Å². The van der Waals surface area contributed by atoms with E-state index in [4.69, 9.17) is 62.7 Å². The summed E-state index contributed by atoms with van der Waals surface area (Å²) in [5, 5.41) is 68.7. The molecule has 2 aromatic rings. The minimum Gasteiger partial charge on any atom is -0.496 e. The summed E-state index contributed by atoms with van der Waals surface area (Å²) in [4.78, 5) is 165. The number of carbonyl (C=O) groups is 12. The third-order valence-corrected chi connectivity index (χ3v) is 30.3. The van der Waals surface area contributed by atoms with Gasteiger partial charge in [-0.15, -0.1) is 0 Å². The van der Waals surface area contributed by atoms with Crippen LogP contribution in [0, 0.1) is 64.8 Å². The molecular weight excluding hydrogens is 1930 g/mol. The molecule has 9 rings (SSSR count). The number of thioether (sulfide) groups is 1. The number of amides is 7. The highest BCUT2D eigenvalue weighted by Gasteiger charge is 2.53. The molecule has 0 aromatic heterocycles. The molecule has 2 aliphatic carbocycles. The maximum atomic E-state index is 14.6. The van der Waals surface area contributed by atoms with Gasteiger partial charge in [-0.2, -0.15) is 5.48 Å². The van der Waals surface area contributed by atoms with Crippen LogP contribution in [-0.4, -0.2) is 268 Å². The van der Waals surface area contributed by atoms with Gasteiger partial charge in [0.1, 0.15) is 66.3 Å². The molecule has 742 valence electrons. The molecular formula is C95H128IN7O29S3. The summed E-state index contributed by atoms with van der Waals surface area (Å²) in [6, 6.07) is 3.71. The molecule has 21 atom stereocenters. The van der Waals surface area contributed by atoms with E-state index in [2.05, 4.69) is 50.4 Å². The summed E-state index contributed by atoms with van der Waals surface area (Å²) in [5.41, 5.74) is 8.03. The lowest BCUT2D eigenvalue weighted by molar-refractivity contribution is -0.335. The molecule has 36 nitrogen and oxygen atoms in total. The van der Waals surface area contributed by atoms with Gasteiger partial charge in [-0.25, -0.2) is 9.59 Å². The Morgan fingerprint density at radius 1 is 0.793 bits per heavy atom. The number of aliphatic hydroxyl groups is 5. The number of anilines is 1. The van der Waals surface area contributed by atoms with Crippen LogP contribution in [0.4, 0.5) is 15.3 Å².